The number of thioether (sulfide) groups is 1. The first-order valence-corrected chi connectivity index (χ1v) is 5.76. The summed E-state index contributed by atoms with van der Waals surface area (Å²) in [6.07, 6.45) is 0. The summed E-state index contributed by atoms with van der Waals surface area (Å²) in [5.41, 5.74) is 0. The second-order valence-electron chi connectivity index (χ2n) is 2.80. The van der Waals surface area contributed by atoms with Crippen LogP contribution in [0, 0.1) is 0 Å². The number of hydrogen-bond donors (Lipinski definition) is 1. The molecule has 0 bridgehead atoms. The van der Waals surface area contributed by atoms with E-state index in [2.05, 4.69) is 10.1 Å². The van der Waals surface area contributed by atoms with Crippen LogP contribution in [0.5, 0.6) is 0 Å². The Morgan fingerprint density at radius 2 is 2.21 bits per heavy atom. The summed E-state index contributed by atoms with van der Waals surface area (Å²) in [6.45, 7) is 3.63. The van der Waals surface area contributed by atoms with Gasteiger partial charge in [-0.25, -0.2) is 0 Å². The zero-order valence-corrected chi connectivity index (χ0v) is 9.86. The molecular weight excluding hydrogens is 202 g/mol. The van der Waals surface area contributed by atoms with Crippen LogP contribution in [0.15, 0.2) is 0 Å². The minimum absolute atomic E-state index is 0.178. The van der Waals surface area contributed by atoms with Gasteiger partial charge in [-0.15, -0.1) is 11.8 Å². The Hall–Kier alpha value is -0.260. The second-order valence-corrected chi connectivity index (χ2v) is 3.83. The van der Waals surface area contributed by atoms with Crippen molar-refractivity contribution >= 4 is 17.7 Å². The van der Waals surface area contributed by atoms with Crippen LogP contribution >= 0.6 is 11.8 Å². The molecule has 0 aromatic carbocycles. The van der Waals surface area contributed by atoms with E-state index in [0.29, 0.717) is 18.4 Å². The average Bonchev–Trinajstić information content (AvgIpc) is 2.18. The monoisotopic (exact) mass is 221 g/mol. The molecule has 0 fully saturated rings. The lowest BCUT2D eigenvalue weighted by Crippen LogP contribution is -2.35. The van der Waals surface area contributed by atoms with Gasteiger partial charge in [0.25, 0.3) is 0 Å². The van der Waals surface area contributed by atoms with E-state index in [4.69, 9.17) is 4.74 Å². The second kappa shape index (κ2) is 9.30. The van der Waals surface area contributed by atoms with Crippen LogP contribution in [0.3, 0.4) is 0 Å². The van der Waals surface area contributed by atoms with Crippen LogP contribution in [-0.2, 0) is 14.3 Å². The van der Waals surface area contributed by atoms with Crippen molar-refractivity contribution in [3.63, 3.8) is 0 Å². The van der Waals surface area contributed by atoms with Crippen LogP contribution < -0.4 is 5.32 Å². The van der Waals surface area contributed by atoms with Crippen LogP contribution in [0.1, 0.15) is 6.92 Å². The molecule has 0 amide bonds. The number of carbonyl (C=O) groups is 1. The lowest BCUT2D eigenvalue weighted by Gasteiger charge is -2.15. The molecule has 14 heavy (non-hydrogen) atoms. The lowest BCUT2D eigenvalue weighted by atomic mass is 10.3. The van der Waals surface area contributed by atoms with Gasteiger partial charge in [0.2, 0.25) is 0 Å². The van der Waals surface area contributed by atoms with Crippen molar-refractivity contribution in [2.75, 3.05) is 38.9 Å². The first-order valence-electron chi connectivity index (χ1n) is 4.61. The predicted octanol–water partition coefficient (Wildman–Crippen LogP) is 0.517. The van der Waals surface area contributed by atoms with E-state index in [1.165, 1.54) is 7.11 Å². The van der Waals surface area contributed by atoms with Gasteiger partial charge >= 0.3 is 5.97 Å². The maximum atomic E-state index is 10.8. The van der Waals surface area contributed by atoms with Crippen molar-refractivity contribution in [1.82, 2.24) is 5.32 Å². The van der Waals surface area contributed by atoms with Gasteiger partial charge in [0, 0.05) is 18.9 Å². The van der Waals surface area contributed by atoms with Crippen LogP contribution in [0.4, 0.5) is 0 Å². The third-order valence-corrected chi connectivity index (χ3v) is 2.71. The Kier molecular flexibility index (Phi) is 9.13. The van der Waals surface area contributed by atoms with E-state index in [9.17, 15) is 4.79 Å². The average molecular weight is 221 g/mol. The van der Waals surface area contributed by atoms with Crippen molar-refractivity contribution < 1.29 is 14.3 Å². The minimum Gasteiger partial charge on any atom is -0.468 e. The molecule has 0 saturated carbocycles. The highest BCUT2D eigenvalue weighted by Crippen LogP contribution is 2.03. The standard InChI is InChI=1S/C9H19NO3S/c1-4-10-8(5-12-2)6-14-7-9(11)13-3/h8,10H,4-7H2,1-3H3. The van der Waals surface area contributed by atoms with E-state index >= 15 is 0 Å². The SMILES string of the molecule is CCNC(COC)CSCC(=O)OC. The molecule has 0 saturated heterocycles. The van der Waals surface area contributed by atoms with Crippen molar-refractivity contribution in [3.05, 3.63) is 0 Å². The number of carbonyl (C=O) groups excluding carboxylic acids is 1. The number of nitrogens with one attached hydrogen (secondary N) is 1. The maximum Gasteiger partial charge on any atom is 0.315 e. The molecule has 0 aliphatic rings. The number of ether oxygens (including phenoxy) is 2. The summed E-state index contributed by atoms with van der Waals surface area (Å²) in [4.78, 5) is 10.8. The van der Waals surface area contributed by atoms with E-state index in [1.807, 2.05) is 6.92 Å². The molecule has 0 spiro atoms. The highest BCUT2D eigenvalue weighted by atomic mass is 32.2. The summed E-state index contributed by atoms with van der Waals surface area (Å²) in [5, 5.41) is 3.28. The molecule has 0 radical (unpaired) electrons. The van der Waals surface area contributed by atoms with E-state index in [1.54, 1.807) is 18.9 Å². The van der Waals surface area contributed by atoms with Gasteiger partial charge in [-0.3, -0.25) is 4.79 Å². The number of hydrogen-bond acceptors (Lipinski definition) is 5. The van der Waals surface area contributed by atoms with Gasteiger partial charge in [0.05, 0.1) is 19.5 Å². The van der Waals surface area contributed by atoms with Crippen LogP contribution in [-0.4, -0.2) is 50.9 Å². The number of methoxy groups -OCH3 is 2. The molecule has 1 N–H and O–H groups in total. The van der Waals surface area contributed by atoms with Crippen molar-refractivity contribution in [2.45, 2.75) is 13.0 Å². The van der Waals surface area contributed by atoms with Gasteiger partial charge in [-0.05, 0) is 6.54 Å². The zero-order chi connectivity index (χ0) is 10.8. The van der Waals surface area contributed by atoms with Crippen molar-refractivity contribution in [2.24, 2.45) is 0 Å². The Labute approximate surface area is 89.7 Å². The summed E-state index contributed by atoms with van der Waals surface area (Å²) in [5.74, 6) is 1.08. The largest absolute Gasteiger partial charge is 0.468 e. The molecule has 1 unspecified atom stereocenters. The molecule has 1 atom stereocenters. The quantitative estimate of drug-likeness (QED) is 0.605. The Morgan fingerprint density at radius 3 is 2.71 bits per heavy atom. The number of esters is 1. The van der Waals surface area contributed by atoms with Crippen LogP contribution in [0.2, 0.25) is 0 Å². The highest BCUT2D eigenvalue weighted by Gasteiger charge is 2.08. The normalized spacial score (nSPS) is 12.5. The van der Waals surface area contributed by atoms with Gasteiger partial charge in [-0.2, -0.15) is 0 Å². The van der Waals surface area contributed by atoms with Crippen LogP contribution in [0.25, 0.3) is 0 Å². The molecule has 0 aromatic rings. The zero-order valence-electron chi connectivity index (χ0n) is 9.04. The molecule has 0 heterocycles. The highest BCUT2D eigenvalue weighted by molar-refractivity contribution is 7.99. The minimum atomic E-state index is -0.178. The van der Waals surface area contributed by atoms with Crippen molar-refractivity contribution in [3.8, 4) is 0 Å². The van der Waals surface area contributed by atoms with E-state index in [-0.39, 0.29) is 5.97 Å². The summed E-state index contributed by atoms with van der Waals surface area (Å²) >= 11 is 1.56. The summed E-state index contributed by atoms with van der Waals surface area (Å²) in [7, 11) is 3.08. The smallest absolute Gasteiger partial charge is 0.315 e. The molecular formula is C9H19NO3S. The molecule has 84 valence electrons. The third kappa shape index (κ3) is 7.17. The number of likely N-dealkylation sites (N-methyl/N-ethyl adjacent to an activating group) is 1. The van der Waals surface area contributed by atoms with Crippen molar-refractivity contribution in [1.29, 1.82) is 0 Å². The summed E-state index contributed by atoms with van der Waals surface area (Å²) in [6, 6.07) is 0.305. The molecule has 0 aliphatic heterocycles. The third-order valence-electron chi connectivity index (χ3n) is 1.63. The lowest BCUT2D eigenvalue weighted by molar-refractivity contribution is -0.137. The fraction of sp³-hybridized carbons (Fsp3) is 0.889. The van der Waals surface area contributed by atoms with Gasteiger partial charge in [0.1, 0.15) is 0 Å². The van der Waals surface area contributed by atoms with E-state index < -0.39 is 0 Å². The first-order chi connectivity index (χ1) is 6.74. The Morgan fingerprint density at radius 1 is 1.50 bits per heavy atom. The predicted molar refractivity (Wildman–Crippen MR) is 58.7 cm³/mol. The molecule has 0 rings (SSSR count). The number of rotatable bonds is 8. The summed E-state index contributed by atoms with van der Waals surface area (Å²) < 4.78 is 9.59. The Bertz CT molecular complexity index is 149. The van der Waals surface area contributed by atoms with Gasteiger partial charge < -0.3 is 14.8 Å². The fourth-order valence-corrected chi connectivity index (χ4v) is 1.90. The first kappa shape index (κ1) is 13.7. The topological polar surface area (TPSA) is 47.6 Å². The van der Waals surface area contributed by atoms with E-state index in [0.717, 1.165) is 12.3 Å². The molecule has 4 nitrogen and oxygen atoms in total. The fourth-order valence-electron chi connectivity index (χ4n) is 0.999. The van der Waals surface area contributed by atoms with Gasteiger partial charge in [0.15, 0.2) is 0 Å². The molecule has 0 aliphatic carbocycles. The molecule has 5 heteroatoms. The maximum absolute atomic E-state index is 10.8. The Balaban J connectivity index is 3.54. The molecule has 0 aromatic heterocycles. The van der Waals surface area contributed by atoms with Gasteiger partial charge in [-0.1, -0.05) is 6.92 Å².